The van der Waals surface area contributed by atoms with Crippen LogP contribution in [0.3, 0.4) is 0 Å². The van der Waals surface area contributed by atoms with E-state index in [2.05, 4.69) is 26.3 Å². The highest BCUT2D eigenvalue weighted by Gasteiger charge is 2.25. The Morgan fingerprint density at radius 2 is 1.10 bits per heavy atom. The lowest BCUT2D eigenvalue weighted by Gasteiger charge is -2.29. The average Bonchev–Trinajstić information content (AvgIpc) is 2.78. The Hall–Kier alpha value is -3.08. The van der Waals surface area contributed by atoms with Crippen molar-refractivity contribution in [3.63, 3.8) is 0 Å². The summed E-state index contributed by atoms with van der Waals surface area (Å²) >= 11 is 0. The van der Waals surface area contributed by atoms with Gasteiger partial charge in [0.2, 0.25) is 0 Å². The molecule has 0 amide bonds. The summed E-state index contributed by atoms with van der Waals surface area (Å²) in [5.74, 6) is 1.51. The van der Waals surface area contributed by atoms with E-state index in [9.17, 15) is 0 Å². The third-order valence-corrected chi connectivity index (χ3v) is 5.18. The molecule has 30 heavy (non-hydrogen) atoms. The average molecular weight is 405 g/mol. The summed E-state index contributed by atoms with van der Waals surface area (Å²) in [5.41, 5.74) is 4.90. The zero-order valence-electron chi connectivity index (χ0n) is 17.6. The van der Waals surface area contributed by atoms with Crippen LogP contribution in [0.25, 0.3) is 0 Å². The SMILES string of the molecule is C=C1CO[C@H](c2cccc(OC)c2)C(=C)C(=C)CO[C@@H](c2cccc(OC)c2)C1=C. The lowest BCUT2D eigenvalue weighted by atomic mass is 9.94. The second kappa shape index (κ2) is 9.61. The molecule has 2 aromatic rings. The summed E-state index contributed by atoms with van der Waals surface area (Å²) in [6, 6.07) is 15.5. The van der Waals surface area contributed by atoms with Crippen molar-refractivity contribution >= 4 is 0 Å². The van der Waals surface area contributed by atoms with Crippen molar-refractivity contribution in [2.45, 2.75) is 12.2 Å². The smallest absolute Gasteiger partial charge is 0.119 e. The van der Waals surface area contributed by atoms with E-state index in [4.69, 9.17) is 18.9 Å². The van der Waals surface area contributed by atoms with Gasteiger partial charge in [0, 0.05) is 0 Å². The minimum Gasteiger partial charge on any atom is -0.497 e. The Kier molecular flexibility index (Phi) is 6.93. The first-order valence-corrected chi connectivity index (χ1v) is 9.69. The van der Waals surface area contributed by atoms with Gasteiger partial charge in [0.25, 0.3) is 0 Å². The fourth-order valence-corrected chi connectivity index (χ4v) is 3.33. The number of rotatable bonds is 4. The normalized spacial score (nSPS) is 20.7. The summed E-state index contributed by atoms with van der Waals surface area (Å²) < 4.78 is 23.2. The molecular weight excluding hydrogens is 376 g/mol. The second-order valence-electron chi connectivity index (χ2n) is 7.19. The van der Waals surface area contributed by atoms with Crippen molar-refractivity contribution in [1.29, 1.82) is 0 Å². The van der Waals surface area contributed by atoms with Crippen LogP contribution in [0.1, 0.15) is 23.3 Å². The van der Waals surface area contributed by atoms with Gasteiger partial charge in [-0.15, -0.1) is 0 Å². The zero-order chi connectivity index (χ0) is 21.7. The van der Waals surface area contributed by atoms with Gasteiger partial charge in [-0.05, 0) is 57.7 Å². The summed E-state index contributed by atoms with van der Waals surface area (Å²) in [6.07, 6.45) is -0.761. The topological polar surface area (TPSA) is 36.9 Å². The molecule has 1 saturated heterocycles. The Morgan fingerprint density at radius 1 is 0.700 bits per heavy atom. The molecule has 4 nitrogen and oxygen atoms in total. The molecule has 0 N–H and O–H groups in total. The standard InChI is InChI=1S/C26H28O4/c1-17-15-29-26(22-10-8-12-24(14-22)28-6)20(4)18(2)16-30-25(19(17)3)21-9-7-11-23(13-21)27-5/h7-14,25-26H,1-4,15-16H2,5-6H3/t25-,26+. The number of hydrogen-bond donors (Lipinski definition) is 0. The van der Waals surface area contributed by atoms with E-state index in [1.165, 1.54) is 0 Å². The molecule has 0 bridgehead atoms. The van der Waals surface area contributed by atoms with Crippen molar-refractivity contribution in [2.75, 3.05) is 27.4 Å². The Labute approximate surface area is 178 Å². The van der Waals surface area contributed by atoms with Crippen LogP contribution in [-0.4, -0.2) is 27.4 Å². The van der Waals surface area contributed by atoms with Gasteiger partial charge < -0.3 is 18.9 Å². The molecule has 1 aliphatic heterocycles. The van der Waals surface area contributed by atoms with Crippen molar-refractivity contribution in [2.24, 2.45) is 0 Å². The molecule has 0 radical (unpaired) electrons. The van der Waals surface area contributed by atoms with Crippen LogP contribution >= 0.6 is 0 Å². The third kappa shape index (κ3) is 4.73. The molecule has 2 aromatic carbocycles. The second-order valence-corrected chi connectivity index (χ2v) is 7.19. The fraction of sp³-hybridized carbons (Fsp3) is 0.231. The summed E-state index contributed by atoms with van der Waals surface area (Å²) in [5, 5.41) is 0. The Bertz CT molecular complexity index is 893. The van der Waals surface area contributed by atoms with E-state index in [0.717, 1.165) is 44.9 Å². The highest BCUT2D eigenvalue weighted by Crippen LogP contribution is 2.37. The summed E-state index contributed by atoms with van der Waals surface area (Å²) in [4.78, 5) is 0. The monoisotopic (exact) mass is 404 g/mol. The highest BCUT2D eigenvalue weighted by molar-refractivity contribution is 5.43. The van der Waals surface area contributed by atoms with Gasteiger partial charge in [-0.25, -0.2) is 0 Å². The molecule has 4 heteroatoms. The molecule has 0 aromatic heterocycles. The molecule has 1 heterocycles. The maximum Gasteiger partial charge on any atom is 0.119 e. The first-order chi connectivity index (χ1) is 14.4. The Morgan fingerprint density at radius 3 is 1.47 bits per heavy atom. The van der Waals surface area contributed by atoms with Gasteiger partial charge in [0.05, 0.1) is 27.4 Å². The predicted molar refractivity (Wildman–Crippen MR) is 120 cm³/mol. The van der Waals surface area contributed by atoms with Gasteiger partial charge in [0.15, 0.2) is 0 Å². The highest BCUT2D eigenvalue weighted by atomic mass is 16.5. The van der Waals surface area contributed by atoms with Crippen LogP contribution in [-0.2, 0) is 9.47 Å². The van der Waals surface area contributed by atoms with Gasteiger partial charge in [-0.1, -0.05) is 50.6 Å². The maximum atomic E-state index is 6.24. The lowest BCUT2D eigenvalue weighted by molar-refractivity contribution is 0.0695. The Balaban J connectivity index is 1.89. The molecule has 3 rings (SSSR count). The van der Waals surface area contributed by atoms with Gasteiger partial charge >= 0.3 is 0 Å². The van der Waals surface area contributed by atoms with E-state index in [1.807, 2.05) is 48.5 Å². The predicted octanol–water partition coefficient (Wildman–Crippen LogP) is 5.76. The molecular formula is C26H28O4. The molecule has 1 aliphatic rings. The number of hydrogen-bond acceptors (Lipinski definition) is 4. The van der Waals surface area contributed by atoms with Gasteiger partial charge in [-0.3, -0.25) is 0 Å². The molecule has 0 aliphatic carbocycles. The first kappa shape index (κ1) is 21.6. The van der Waals surface area contributed by atoms with Crippen LogP contribution in [0.2, 0.25) is 0 Å². The zero-order valence-corrected chi connectivity index (χ0v) is 17.6. The lowest BCUT2D eigenvalue weighted by Crippen LogP contribution is -2.19. The van der Waals surface area contributed by atoms with Gasteiger partial charge in [0.1, 0.15) is 23.7 Å². The molecule has 156 valence electrons. The van der Waals surface area contributed by atoms with Crippen molar-refractivity contribution in [1.82, 2.24) is 0 Å². The largest absolute Gasteiger partial charge is 0.497 e. The number of ether oxygens (including phenoxy) is 4. The minimum atomic E-state index is -0.380. The minimum absolute atomic E-state index is 0.289. The third-order valence-electron chi connectivity index (χ3n) is 5.18. The first-order valence-electron chi connectivity index (χ1n) is 9.69. The summed E-state index contributed by atoms with van der Waals surface area (Å²) in [6.45, 7) is 17.4. The maximum absolute atomic E-state index is 6.24. The molecule has 0 spiro atoms. The molecule has 0 saturated carbocycles. The van der Waals surface area contributed by atoms with Crippen LogP contribution in [0.4, 0.5) is 0 Å². The fourth-order valence-electron chi connectivity index (χ4n) is 3.33. The van der Waals surface area contributed by atoms with Crippen molar-refractivity contribution < 1.29 is 18.9 Å². The van der Waals surface area contributed by atoms with Crippen LogP contribution in [0, 0.1) is 0 Å². The molecule has 0 unspecified atom stereocenters. The van der Waals surface area contributed by atoms with E-state index in [1.54, 1.807) is 14.2 Å². The van der Waals surface area contributed by atoms with E-state index in [-0.39, 0.29) is 25.4 Å². The van der Waals surface area contributed by atoms with Crippen molar-refractivity contribution in [3.8, 4) is 11.5 Å². The van der Waals surface area contributed by atoms with Crippen molar-refractivity contribution in [3.05, 3.63) is 108 Å². The van der Waals surface area contributed by atoms with E-state index < -0.39 is 0 Å². The van der Waals surface area contributed by atoms with E-state index in [0.29, 0.717) is 0 Å². The van der Waals surface area contributed by atoms with E-state index >= 15 is 0 Å². The number of benzene rings is 2. The molecule has 2 atom stereocenters. The van der Waals surface area contributed by atoms with Gasteiger partial charge in [-0.2, -0.15) is 0 Å². The molecule has 1 fully saturated rings. The van der Waals surface area contributed by atoms with Crippen LogP contribution in [0.15, 0.2) is 97.1 Å². The number of methoxy groups -OCH3 is 2. The summed E-state index contributed by atoms with van der Waals surface area (Å²) in [7, 11) is 3.28. The quantitative estimate of drug-likeness (QED) is 0.649. The van der Waals surface area contributed by atoms with Crippen LogP contribution < -0.4 is 9.47 Å². The van der Waals surface area contributed by atoms with Crippen LogP contribution in [0.5, 0.6) is 11.5 Å².